The Kier molecular flexibility index (Phi) is 3.61. The zero-order chi connectivity index (χ0) is 15.6. The Hall–Kier alpha value is -2.57. The molecule has 23 heavy (non-hydrogen) atoms. The SMILES string of the molecule is NC1SC=C(c2c[nH]nc2-c2ccccc2)N1c1ccccn1. The molecule has 4 rings (SSSR count). The summed E-state index contributed by atoms with van der Waals surface area (Å²) in [6, 6.07) is 15.9. The number of thioether (sulfide) groups is 1. The van der Waals surface area contributed by atoms with Crippen LogP contribution < -0.4 is 10.6 Å². The molecule has 1 aliphatic heterocycles. The van der Waals surface area contributed by atoms with E-state index >= 15 is 0 Å². The number of H-pyrrole nitrogens is 1. The Bertz CT molecular complexity index is 828. The van der Waals surface area contributed by atoms with E-state index in [2.05, 4.69) is 20.6 Å². The lowest BCUT2D eigenvalue weighted by atomic mass is 10.1. The minimum atomic E-state index is -0.196. The molecular weight excluding hydrogens is 306 g/mol. The van der Waals surface area contributed by atoms with Crippen LogP contribution in [0.15, 0.2) is 66.3 Å². The molecule has 0 radical (unpaired) electrons. The minimum Gasteiger partial charge on any atom is -0.302 e. The topological polar surface area (TPSA) is 70.8 Å². The molecule has 0 amide bonds. The number of nitrogens with zero attached hydrogens (tertiary/aromatic N) is 3. The maximum Gasteiger partial charge on any atom is 0.135 e. The molecule has 0 bridgehead atoms. The maximum absolute atomic E-state index is 6.26. The van der Waals surface area contributed by atoms with Gasteiger partial charge in [-0.2, -0.15) is 5.10 Å². The zero-order valence-corrected chi connectivity index (χ0v) is 13.1. The van der Waals surface area contributed by atoms with Gasteiger partial charge in [0.15, 0.2) is 0 Å². The molecule has 0 aliphatic carbocycles. The van der Waals surface area contributed by atoms with Crippen molar-refractivity contribution in [3.63, 3.8) is 0 Å². The molecule has 1 aromatic carbocycles. The average Bonchev–Trinajstić information content (AvgIpc) is 3.23. The number of aromatic amines is 1. The summed E-state index contributed by atoms with van der Waals surface area (Å²) >= 11 is 1.57. The van der Waals surface area contributed by atoms with Crippen LogP contribution in [0.3, 0.4) is 0 Å². The Morgan fingerprint density at radius 1 is 1.09 bits per heavy atom. The van der Waals surface area contributed by atoms with Crippen LogP contribution in [0.2, 0.25) is 0 Å². The molecule has 3 heterocycles. The zero-order valence-electron chi connectivity index (χ0n) is 12.3. The van der Waals surface area contributed by atoms with Gasteiger partial charge in [-0.25, -0.2) is 4.98 Å². The van der Waals surface area contributed by atoms with E-state index in [1.807, 2.05) is 59.6 Å². The van der Waals surface area contributed by atoms with E-state index in [4.69, 9.17) is 5.73 Å². The van der Waals surface area contributed by atoms with Crippen LogP contribution in [-0.4, -0.2) is 20.7 Å². The molecule has 1 aliphatic rings. The van der Waals surface area contributed by atoms with Gasteiger partial charge in [0, 0.05) is 23.5 Å². The van der Waals surface area contributed by atoms with Crippen molar-refractivity contribution in [2.75, 3.05) is 4.90 Å². The first-order chi connectivity index (χ1) is 11.3. The van der Waals surface area contributed by atoms with Crippen molar-refractivity contribution < 1.29 is 0 Å². The summed E-state index contributed by atoms with van der Waals surface area (Å²) in [7, 11) is 0. The highest BCUT2D eigenvalue weighted by atomic mass is 32.2. The molecule has 1 unspecified atom stereocenters. The smallest absolute Gasteiger partial charge is 0.135 e. The van der Waals surface area contributed by atoms with Crippen LogP contribution >= 0.6 is 11.8 Å². The summed E-state index contributed by atoms with van der Waals surface area (Å²) in [6.45, 7) is 0. The van der Waals surface area contributed by atoms with Gasteiger partial charge in [0.05, 0.1) is 5.70 Å². The van der Waals surface area contributed by atoms with Crippen molar-refractivity contribution in [3.05, 3.63) is 71.9 Å². The lowest BCUT2D eigenvalue weighted by Crippen LogP contribution is -2.35. The monoisotopic (exact) mass is 321 g/mol. The van der Waals surface area contributed by atoms with Crippen LogP contribution in [0.4, 0.5) is 5.82 Å². The first-order valence-electron chi connectivity index (χ1n) is 7.25. The molecule has 1 atom stereocenters. The third kappa shape index (κ3) is 2.52. The number of nitrogens with two attached hydrogens (primary N) is 1. The van der Waals surface area contributed by atoms with Crippen LogP contribution in [0.5, 0.6) is 0 Å². The lowest BCUT2D eigenvalue weighted by molar-refractivity contribution is 0.917. The predicted octanol–water partition coefficient (Wildman–Crippen LogP) is 3.27. The number of aromatic nitrogens is 3. The van der Waals surface area contributed by atoms with Crippen LogP contribution in [0, 0.1) is 0 Å². The second-order valence-corrected chi connectivity index (χ2v) is 6.09. The summed E-state index contributed by atoms with van der Waals surface area (Å²) < 4.78 is 0. The quantitative estimate of drug-likeness (QED) is 0.775. The molecule has 3 N–H and O–H groups in total. The van der Waals surface area contributed by atoms with Crippen molar-refractivity contribution in [2.24, 2.45) is 5.73 Å². The fraction of sp³-hybridized carbons (Fsp3) is 0.0588. The standard InChI is InChI=1S/C17H15N5S/c18-17-22(15-8-4-5-9-19-15)14(11-23-17)13-10-20-21-16(13)12-6-2-1-3-7-12/h1-11,17H,18H2,(H,20,21). The molecule has 5 nitrogen and oxygen atoms in total. The number of hydrogen-bond donors (Lipinski definition) is 2. The largest absolute Gasteiger partial charge is 0.302 e. The maximum atomic E-state index is 6.26. The Balaban J connectivity index is 1.78. The molecule has 0 saturated heterocycles. The van der Waals surface area contributed by atoms with Crippen LogP contribution in [0.25, 0.3) is 17.0 Å². The molecule has 0 saturated carbocycles. The summed E-state index contributed by atoms with van der Waals surface area (Å²) in [5.74, 6) is 0.830. The molecule has 0 spiro atoms. The highest BCUT2D eigenvalue weighted by molar-refractivity contribution is 8.03. The van der Waals surface area contributed by atoms with Crippen molar-refractivity contribution >= 4 is 23.3 Å². The predicted molar refractivity (Wildman–Crippen MR) is 94.3 cm³/mol. The van der Waals surface area contributed by atoms with E-state index in [0.29, 0.717) is 0 Å². The Morgan fingerprint density at radius 3 is 2.70 bits per heavy atom. The van der Waals surface area contributed by atoms with E-state index in [-0.39, 0.29) is 5.50 Å². The number of benzene rings is 1. The van der Waals surface area contributed by atoms with Crippen LogP contribution in [-0.2, 0) is 0 Å². The van der Waals surface area contributed by atoms with E-state index in [1.54, 1.807) is 18.0 Å². The second-order valence-electron chi connectivity index (χ2n) is 5.10. The normalized spacial score (nSPS) is 17.3. The fourth-order valence-corrected chi connectivity index (χ4v) is 3.49. The first-order valence-corrected chi connectivity index (χ1v) is 8.20. The number of pyridine rings is 1. The van der Waals surface area contributed by atoms with Crippen molar-refractivity contribution in [3.8, 4) is 11.3 Å². The van der Waals surface area contributed by atoms with Gasteiger partial charge < -0.3 is 5.73 Å². The van der Waals surface area contributed by atoms with Gasteiger partial charge in [0.1, 0.15) is 17.0 Å². The fourth-order valence-electron chi connectivity index (χ4n) is 2.63. The van der Waals surface area contributed by atoms with E-state index < -0.39 is 0 Å². The molecule has 0 fully saturated rings. The molecule has 2 aromatic heterocycles. The van der Waals surface area contributed by atoms with Gasteiger partial charge in [-0.15, -0.1) is 0 Å². The highest BCUT2D eigenvalue weighted by Crippen LogP contribution is 2.40. The molecule has 3 aromatic rings. The third-order valence-corrected chi connectivity index (χ3v) is 4.54. The average molecular weight is 321 g/mol. The number of hydrogen-bond acceptors (Lipinski definition) is 5. The van der Waals surface area contributed by atoms with Gasteiger partial charge in [-0.1, -0.05) is 48.2 Å². The lowest BCUT2D eigenvalue weighted by Gasteiger charge is -2.25. The molecule has 6 heteroatoms. The van der Waals surface area contributed by atoms with Gasteiger partial charge >= 0.3 is 0 Å². The third-order valence-electron chi connectivity index (χ3n) is 3.69. The summed E-state index contributed by atoms with van der Waals surface area (Å²) in [5.41, 5.74) is 10.1. The Labute approximate surface area is 138 Å². The molecule has 114 valence electrons. The van der Waals surface area contributed by atoms with Crippen molar-refractivity contribution in [1.82, 2.24) is 15.2 Å². The van der Waals surface area contributed by atoms with E-state index in [1.165, 1.54) is 0 Å². The van der Waals surface area contributed by atoms with Gasteiger partial charge in [-0.3, -0.25) is 10.00 Å². The summed E-state index contributed by atoms with van der Waals surface area (Å²) in [6.07, 6.45) is 3.68. The van der Waals surface area contributed by atoms with Gasteiger partial charge in [0.2, 0.25) is 0 Å². The van der Waals surface area contributed by atoms with E-state index in [9.17, 15) is 0 Å². The Morgan fingerprint density at radius 2 is 1.91 bits per heavy atom. The summed E-state index contributed by atoms with van der Waals surface area (Å²) in [5, 5.41) is 9.46. The molecular formula is C17H15N5S. The number of anilines is 1. The van der Waals surface area contributed by atoms with Gasteiger partial charge in [0.25, 0.3) is 0 Å². The second kappa shape index (κ2) is 5.91. The number of rotatable bonds is 3. The first kappa shape index (κ1) is 14.0. The number of nitrogens with one attached hydrogen (secondary N) is 1. The minimum absolute atomic E-state index is 0.196. The van der Waals surface area contributed by atoms with Crippen molar-refractivity contribution in [1.29, 1.82) is 0 Å². The van der Waals surface area contributed by atoms with Crippen LogP contribution in [0.1, 0.15) is 5.56 Å². The summed E-state index contributed by atoms with van der Waals surface area (Å²) in [4.78, 5) is 6.46. The van der Waals surface area contributed by atoms with Crippen molar-refractivity contribution in [2.45, 2.75) is 5.50 Å². The van der Waals surface area contributed by atoms with E-state index in [0.717, 1.165) is 28.3 Å². The van der Waals surface area contributed by atoms with Gasteiger partial charge in [-0.05, 0) is 17.5 Å². The highest BCUT2D eigenvalue weighted by Gasteiger charge is 2.29.